The van der Waals surface area contributed by atoms with Gasteiger partial charge in [0, 0.05) is 33.4 Å². The Kier molecular flexibility index (Phi) is 5.64. The maximum atomic E-state index is 12.9. The van der Waals surface area contributed by atoms with Gasteiger partial charge in [-0.05, 0) is 42.5 Å². The van der Waals surface area contributed by atoms with Crippen LogP contribution in [-0.2, 0) is 0 Å². The van der Waals surface area contributed by atoms with Crippen LogP contribution in [0.25, 0.3) is 44.8 Å². The van der Waals surface area contributed by atoms with Crippen molar-refractivity contribution in [3.05, 3.63) is 144 Å². The average Bonchev–Trinajstić information content (AvgIpc) is 3.65. The fourth-order valence-electron chi connectivity index (χ4n) is 4.90. The largest absolute Gasteiger partial charge is 0.338 e. The Morgan fingerprint density at radius 2 is 0.900 bits per heavy atom. The number of fused-ring (bicyclic) bond motifs is 2. The maximum absolute atomic E-state index is 12.9. The van der Waals surface area contributed by atoms with E-state index in [-0.39, 0.29) is 11.6 Å². The SMILES string of the molecule is O=C(c1ccccc1)c1ccc2nc(-c3cccc(-c4nc5ccc(C(=O)c6ccccc6)cc5[nH]4)c3)[nH]c2c1. The van der Waals surface area contributed by atoms with E-state index in [1.165, 1.54) is 0 Å². The monoisotopic (exact) mass is 518 g/mol. The predicted octanol–water partition coefficient (Wildman–Crippen LogP) is 7.24. The Morgan fingerprint density at radius 1 is 0.450 bits per heavy atom. The van der Waals surface area contributed by atoms with Crippen LogP contribution in [0.4, 0.5) is 0 Å². The molecule has 40 heavy (non-hydrogen) atoms. The highest BCUT2D eigenvalue weighted by atomic mass is 16.1. The van der Waals surface area contributed by atoms with Crippen LogP contribution < -0.4 is 0 Å². The second kappa shape index (κ2) is 9.60. The fraction of sp³-hybridized carbons (Fsp3) is 0. The highest BCUT2D eigenvalue weighted by Crippen LogP contribution is 2.28. The Morgan fingerprint density at radius 3 is 1.35 bits per heavy atom. The van der Waals surface area contributed by atoms with Crippen molar-refractivity contribution in [3.8, 4) is 22.8 Å². The Hall–Kier alpha value is -5.62. The van der Waals surface area contributed by atoms with Crippen LogP contribution in [0.2, 0.25) is 0 Å². The number of hydrogen-bond acceptors (Lipinski definition) is 4. The second-order valence-electron chi connectivity index (χ2n) is 9.61. The van der Waals surface area contributed by atoms with Crippen LogP contribution in [0, 0.1) is 0 Å². The third-order valence-electron chi connectivity index (χ3n) is 6.97. The van der Waals surface area contributed by atoms with Gasteiger partial charge in [0.2, 0.25) is 0 Å². The topological polar surface area (TPSA) is 91.5 Å². The lowest BCUT2D eigenvalue weighted by Crippen LogP contribution is -2.00. The van der Waals surface area contributed by atoms with Crippen molar-refractivity contribution in [2.45, 2.75) is 0 Å². The summed E-state index contributed by atoms with van der Waals surface area (Å²) < 4.78 is 0. The van der Waals surface area contributed by atoms with E-state index in [0.29, 0.717) is 33.9 Å². The zero-order chi connectivity index (χ0) is 27.1. The van der Waals surface area contributed by atoms with E-state index in [1.807, 2.05) is 121 Å². The molecule has 2 aromatic heterocycles. The number of benzene rings is 5. The fourth-order valence-corrected chi connectivity index (χ4v) is 4.90. The van der Waals surface area contributed by atoms with Crippen molar-refractivity contribution in [2.75, 3.05) is 0 Å². The van der Waals surface area contributed by atoms with Gasteiger partial charge in [0.05, 0.1) is 22.1 Å². The number of nitrogens with zero attached hydrogens (tertiary/aromatic N) is 2. The second-order valence-corrected chi connectivity index (χ2v) is 9.61. The summed E-state index contributed by atoms with van der Waals surface area (Å²) >= 11 is 0. The lowest BCUT2D eigenvalue weighted by Gasteiger charge is -2.01. The molecule has 2 heterocycles. The summed E-state index contributed by atoms with van der Waals surface area (Å²) in [5, 5.41) is 0. The summed E-state index contributed by atoms with van der Waals surface area (Å²) in [4.78, 5) is 42.1. The van der Waals surface area contributed by atoms with Gasteiger partial charge < -0.3 is 9.97 Å². The highest BCUT2D eigenvalue weighted by molar-refractivity contribution is 6.11. The Balaban J connectivity index is 1.19. The predicted molar refractivity (Wildman–Crippen MR) is 156 cm³/mol. The van der Waals surface area contributed by atoms with E-state index in [4.69, 9.17) is 9.97 Å². The molecule has 0 amide bonds. The molecule has 0 unspecified atom stereocenters. The van der Waals surface area contributed by atoms with Gasteiger partial charge in [0.25, 0.3) is 0 Å². The molecule has 2 N–H and O–H groups in total. The van der Waals surface area contributed by atoms with E-state index >= 15 is 0 Å². The molecule has 0 spiro atoms. The molecule has 0 aliphatic rings. The molecule has 0 atom stereocenters. The first-order chi connectivity index (χ1) is 19.6. The Bertz CT molecular complexity index is 1890. The summed E-state index contributed by atoms with van der Waals surface area (Å²) in [6, 6.07) is 37.5. The quantitative estimate of drug-likeness (QED) is 0.227. The van der Waals surface area contributed by atoms with Gasteiger partial charge in [-0.3, -0.25) is 9.59 Å². The van der Waals surface area contributed by atoms with E-state index in [0.717, 1.165) is 33.2 Å². The number of H-pyrrole nitrogens is 2. The average molecular weight is 519 g/mol. The minimum Gasteiger partial charge on any atom is -0.338 e. The minimum absolute atomic E-state index is 0.0286. The summed E-state index contributed by atoms with van der Waals surface area (Å²) in [7, 11) is 0. The molecule has 0 radical (unpaired) electrons. The van der Waals surface area contributed by atoms with Crippen LogP contribution >= 0.6 is 0 Å². The Labute approximate surface area is 229 Å². The number of nitrogens with one attached hydrogen (secondary N) is 2. The number of aromatic amines is 2. The lowest BCUT2D eigenvalue weighted by atomic mass is 10.0. The van der Waals surface area contributed by atoms with Crippen molar-refractivity contribution in [2.24, 2.45) is 0 Å². The van der Waals surface area contributed by atoms with E-state index in [2.05, 4.69) is 9.97 Å². The third kappa shape index (κ3) is 4.27. The van der Waals surface area contributed by atoms with Crippen molar-refractivity contribution in [3.63, 3.8) is 0 Å². The normalized spacial score (nSPS) is 11.2. The van der Waals surface area contributed by atoms with Crippen LogP contribution in [-0.4, -0.2) is 31.5 Å². The van der Waals surface area contributed by atoms with Gasteiger partial charge in [-0.15, -0.1) is 0 Å². The smallest absolute Gasteiger partial charge is 0.193 e. The zero-order valence-corrected chi connectivity index (χ0v) is 21.3. The van der Waals surface area contributed by atoms with Gasteiger partial charge in [-0.1, -0.05) is 78.9 Å². The minimum atomic E-state index is -0.0286. The zero-order valence-electron chi connectivity index (χ0n) is 21.3. The van der Waals surface area contributed by atoms with Crippen molar-refractivity contribution in [1.82, 2.24) is 19.9 Å². The van der Waals surface area contributed by atoms with Gasteiger partial charge in [0.15, 0.2) is 11.6 Å². The van der Waals surface area contributed by atoms with Crippen molar-refractivity contribution < 1.29 is 9.59 Å². The molecule has 6 heteroatoms. The maximum Gasteiger partial charge on any atom is 0.193 e. The number of imidazole rings is 2. The number of aromatic nitrogens is 4. The van der Waals surface area contributed by atoms with Crippen molar-refractivity contribution >= 4 is 33.6 Å². The summed E-state index contributed by atoms with van der Waals surface area (Å²) in [6.45, 7) is 0. The van der Waals surface area contributed by atoms with E-state index in [9.17, 15) is 9.59 Å². The molecule has 7 rings (SSSR count). The van der Waals surface area contributed by atoms with Gasteiger partial charge in [-0.25, -0.2) is 9.97 Å². The number of ketones is 2. The van der Waals surface area contributed by atoms with Crippen LogP contribution in [0.1, 0.15) is 31.8 Å². The van der Waals surface area contributed by atoms with Gasteiger partial charge >= 0.3 is 0 Å². The number of carbonyl (C=O) groups is 2. The highest BCUT2D eigenvalue weighted by Gasteiger charge is 2.14. The summed E-state index contributed by atoms with van der Waals surface area (Å²) in [5.74, 6) is 1.35. The van der Waals surface area contributed by atoms with E-state index in [1.54, 1.807) is 0 Å². The molecule has 0 fully saturated rings. The van der Waals surface area contributed by atoms with Gasteiger partial charge in [-0.2, -0.15) is 0 Å². The first kappa shape index (κ1) is 23.5. The molecule has 5 aromatic carbocycles. The van der Waals surface area contributed by atoms with Crippen LogP contribution in [0.5, 0.6) is 0 Å². The molecule has 0 saturated heterocycles. The number of hydrogen-bond donors (Lipinski definition) is 2. The molecular formula is C34H22N4O2. The molecule has 6 nitrogen and oxygen atoms in total. The summed E-state index contributed by atoms with van der Waals surface area (Å²) in [5.41, 5.74) is 7.45. The number of carbonyl (C=O) groups excluding carboxylic acids is 2. The molecule has 0 saturated carbocycles. The third-order valence-corrected chi connectivity index (χ3v) is 6.97. The molecule has 190 valence electrons. The first-order valence-corrected chi connectivity index (χ1v) is 12.9. The molecule has 0 aliphatic carbocycles. The van der Waals surface area contributed by atoms with E-state index < -0.39 is 0 Å². The van der Waals surface area contributed by atoms with Crippen LogP contribution in [0.3, 0.4) is 0 Å². The molecule has 0 bridgehead atoms. The van der Waals surface area contributed by atoms with Crippen LogP contribution in [0.15, 0.2) is 121 Å². The van der Waals surface area contributed by atoms with Gasteiger partial charge in [0.1, 0.15) is 11.6 Å². The molecule has 0 aliphatic heterocycles. The molecule has 7 aromatic rings. The number of rotatable bonds is 6. The summed E-state index contributed by atoms with van der Waals surface area (Å²) in [6.07, 6.45) is 0. The lowest BCUT2D eigenvalue weighted by molar-refractivity contribution is 0.103. The first-order valence-electron chi connectivity index (χ1n) is 12.9. The van der Waals surface area contributed by atoms with Crippen molar-refractivity contribution in [1.29, 1.82) is 0 Å². The molecular weight excluding hydrogens is 496 g/mol. The standard InChI is InChI=1S/C34H22N4O2/c39-31(21-8-3-1-4-9-21)23-14-16-27-29(19-23)37-33(35-27)25-12-7-13-26(18-25)34-36-28-17-15-24(20-30(28)38-34)32(40)22-10-5-2-6-11-22/h1-20H,(H,35,37)(H,36,38).